The third kappa shape index (κ3) is 9.32. The SMILES string of the molecule is CCOc1ccccc1NC(=O)C(CC)Sc1cccc(NC(=O)/C(=C\c2cc(OC)c(OC)c(OC)c2)NC(=O)c2ccccc2)c1. The number of hydrogen-bond acceptors (Lipinski definition) is 8. The molecule has 0 aromatic heterocycles. The number of benzene rings is 4. The van der Waals surface area contributed by atoms with Crippen molar-refractivity contribution >= 4 is 46.9 Å². The second kappa shape index (κ2) is 17.5. The number of nitrogens with one attached hydrogen (secondary N) is 3. The Morgan fingerprint density at radius 1 is 0.771 bits per heavy atom. The van der Waals surface area contributed by atoms with E-state index in [-0.39, 0.29) is 11.6 Å². The Balaban J connectivity index is 1.58. The van der Waals surface area contributed by atoms with Gasteiger partial charge in [0.05, 0.1) is 38.9 Å². The van der Waals surface area contributed by atoms with Gasteiger partial charge in [-0.1, -0.05) is 43.3 Å². The molecule has 4 aromatic carbocycles. The molecule has 3 N–H and O–H groups in total. The molecule has 0 aliphatic heterocycles. The van der Waals surface area contributed by atoms with Crippen molar-refractivity contribution in [3.8, 4) is 23.0 Å². The van der Waals surface area contributed by atoms with Crippen LogP contribution in [0, 0.1) is 0 Å². The summed E-state index contributed by atoms with van der Waals surface area (Å²) in [6.45, 7) is 4.30. The number of rotatable bonds is 15. The molecule has 4 rings (SSSR count). The summed E-state index contributed by atoms with van der Waals surface area (Å²) in [4.78, 5) is 40.9. The number of carbonyl (C=O) groups is 3. The summed E-state index contributed by atoms with van der Waals surface area (Å²) in [5.41, 5.74) is 1.97. The van der Waals surface area contributed by atoms with Gasteiger partial charge in [0.1, 0.15) is 11.4 Å². The maximum Gasteiger partial charge on any atom is 0.272 e. The topological polar surface area (TPSA) is 124 Å². The lowest BCUT2D eigenvalue weighted by atomic mass is 10.1. The smallest absolute Gasteiger partial charge is 0.272 e. The number of thioether (sulfide) groups is 1. The van der Waals surface area contributed by atoms with E-state index in [1.54, 1.807) is 66.7 Å². The summed E-state index contributed by atoms with van der Waals surface area (Å²) in [6, 6.07) is 26.4. The molecular formula is C37H39N3O7S. The second-order valence-electron chi connectivity index (χ2n) is 10.3. The van der Waals surface area contributed by atoms with Crippen LogP contribution in [0.2, 0.25) is 0 Å². The van der Waals surface area contributed by atoms with Crippen LogP contribution >= 0.6 is 11.8 Å². The van der Waals surface area contributed by atoms with Crippen molar-refractivity contribution < 1.29 is 33.3 Å². The number of ether oxygens (including phenoxy) is 4. The number of amides is 3. The first-order valence-corrected chi connectivity index (χ1v) is 16.2. The van der Waals surface area contributed by atoms with E-state index >= 15 is 0 Å². The fourth-order valence-corrected chi connectivity index (χ4v) is 5.70. The average Bonchev–Trinajstić information content (AvgIpc) is 3.11. The minimum absolute atomic E-state index is 0.0186. The van der Waals surface area contributed by atoms with Gasteiger partial charge in [-0.25, -0.2) is 0 Å². The molecule has 250 valence electrons. The zero-order valence-electron chi connectivity index (χ0n) is 27.5. The van der Waals surface area contributed by atoms with Crippen LogP contribution in [-0.4, -0.2) is 50.9 Å². The van der Waals surface area contributed by atoms with Crippen LogP contribution in [0.15, 0.2) is 102 Å². The Morgan fingerprint density at radius 3 is 2.10 bits per heavy atom. The average molecular weight is 670 g/mol. The molecule has 0 aliphatic rings. The van der Waals surface area contributed by atoms with E-state index < -0.39 is 17.1 Å². The highest BCUT2D eigenvalue weighted by Gasteiger charge is 2.21. The van der Waals surface area contributed by atoms with Crippen molar-refractivity contribution in [1.82, 2.24) is 5.32 Å². The molecule has 0 radical (unpaired) electrons. The summed E-state index contributed by atoms with van der Waals surface area (Å²) in [5.74, 6) is 0.582. The van der Waals surface area contributed by atoms with Crippen molar-refractivity contribution in [1.29, 1.82) is 0 Å². The molecule has 0 bridgehead atoms. The molecule has 48 heavy (non-hydrogen) atoms. The molecule has 1 unspecified atom stereocenters. The molecule has 0 saturated heterocycles. The van der Waals surface area contributed by atoms with Crippen molar-refractivity contribution in [2.75, 3.05) is 38.6 Å². The third-order valence-corrected chi connectivity index (χ3v) is 8.36. The molecule has 0 heterocycles. The summed E-state index contributed by atoms with van der Waals surface area (Å²) in [5, 5.41) is 8.19. The molecule has 0 aliphatic carbocycles. The zero-order valence-corrected chi connectivity index (χ0v) is 28.3. The lowest BCUT2D eigenvalue weighted by Crippen LogP contribution is -2.30. The van der Waals surface area contributed by atoms with Crippen molar-refractivity contribution in [2.24, 2.45) is 0 Å². The highest BCUT2D eigenvalue weighted by molar-refractivity contribution is 8.00. The van der Waals surface area contributed by atoms with Crippen LogP contribution in [0.25, 0.3) is 6.08 Å². The number of para-hydroxylation sites is 2. The van der Waals surface area contributed by atoms with Crippen LogP contribution < -0.4 is 34.9 Å². The number of anilines is 2. The Labute approximate surface area is 284 Å². The minimum Gasteiger partial charge on any atom is -0.493 e. The molecule has 0 spiro atoms. The van der Waals surface area contributed by atoms with Gasteiger partial charge in [-0.2, -0.15) is 0 Å². The highest BCUT2D eigenvalue weighted by Crippen LogP contribution is 2.39. The lowest BCUT2D eigenvalue weighted by Gasteiger charge is -2.17. The van der Waals surface area contributed by atoms with E-state index in [4.69, 9.17) is 18.9 Å². The van der Waals surface area contributed by atoms with Gasteiger partial charge in [0.2, 0.25) is 11.7 Å². The highest BCUT2D eigenvalue weighted by atomic mass is 32.2. The van der Waals surface area contributed by atoms with Gasteiger partial charge in [-0.15, -0.1) is 11.8 Å². The first-order valence-electron chi connectivity index (χ1n) is 15.3. The predicted octanol–water partition coefficient (Wildman–Crippen LogP) is 7.03. The van der Waals surface area contributed by atoms with Crippen LogP contribution in [-0.2, 0) is 9.59 Å². The molecule has 11 heteroatoms. The van der Waals surface area contributed by atoms with E-state index in [0.717, 1.165) is 4.90 Å². The number of hydrogen-bond donors (Lipinski definition) is 3. The number of carbonyl (C=O) groups excluding carboxylic acids is 3. The Hall–Kier alpha value is -5.42. The first kappa shape index (κ1) is 35.4. The van der Waals surface area contributed by atoms with Gasteiger partial charge >= 0.3 is 0 Å². The van der Waals surface area contributed by atoms with Crippen LogP contribution in [0.3, 0.4) is 0 Å². The van der Waals surface area contributed by atoms with Gasteiger partial charge in [-0.3, -0.25) is 14.4 Å². The fraction of sp³-hybridized carbons (Fsp3) is 0.216. The summed E-state index contributed by atoms with van der Waals surface area (Å²) < 4.78 is 22.0. The maximum atomic E-state index is 13.7. The molecule has 1 atom stereocenters. The predicted molar refractivity (Wildman–Crippen MR) is 189 cm³/mol. The van der Waals surface area contributed by atoms with Crippen LogP contribution in [0.1, 0.15) is 36.2 Å². The van der Waals surface area contributed by atoms with Crippen molar-refractivity contribution in [3.63, 3.8) is 0 Å². The van der Waals surface area contributed by atoms with E-state index in [9.17, 15) is 14.4 Å². The van der Waals surface area contributed by atoms with Crippen LogP contribution in [0.4, 0.5) is 11.4 Å². The molecule has 0 saturated carbocycles. The third-order valence-electron chi connectivity index (χ3n) is 7.01. The summed E-state index contributed by atoms with van der Waals surface area (Å²) in [7, 11) is 4.48. The lowest BCUT2D eigenvalue weighted by molar-refractivity contribution is -0.116. The zero-order chi connectivity index (χ0) is 34.5. The second-order valence-corrected chi connectivity index (χ2v) is 11.5. The number of methoxy groups -OCH3 is 3. The Kier molecular flexibility index (Phi) is 12.9. The summed E-state index contributed by atoms with van der Waals surface area (Å²) >= 11 is 1.38. The van der Waals surface area contributed by atoms with Crippen molar-refractivity contribution in [2.45, 2.75) is 30.4 Å². The Morgan fingerprint density at radius 2 is 1.46 bits per heavy atom. The van der Waals surface area contributed by atoms with E-state index in [1.807, 2.05) is 38.1 Å². The van der Waals surface area contributed by atoms with Gasteiger partial charge < -0.3 is 34.9 Å². The Bertz CT molecular complexity index is 1740. The van der Waals surface area contributed by atoms with E-state index in [1.165, 1.54) is 39.2 Å². The standard InChI is InChI=1S/C37H39N3O7S/c1-6-33(37(43)39-28-18-11-12-19-30(28)47-7-2)48-27-17-13-16-26(23-27)38-36(42)29(40-35(41)25-14-9-8-10-15-25)20-24-21-31(44-3)34(46-5)32(22-24)45-4/h8-23,33H,6-7H2,1-5H3,(H,38,42)(H,39,43)(H,40,41)/b29-20+. The molecule has 0 fully saturated rings. The van der Waals surface area contributed by atoms with Gasteiger partial charge in [0.25, 0.3) is 11.8 Å². The molecule has 4 aromatic rings. The molecule has 10 nitrogen and oxygen atoms in total. The van der Waals surface area contributed by atoms with Gasteiger partial charge in [0, 0.05) is 16.1 Å². The van der Waals surface area contributed by atoms with Crippen LogP contribution in [0.5, 0.6) is 23.0 Å². The fourth-order valence-electron chi connectivity index (χ4n) is 4.69. The monoisotopic (exact) mass is 669 g/mol. The van der Waals surface area contributed by atoms with Gasteiger partial charge in [-0.05, 0) is 79.6 Å². The van der Waals surface area contributed by atoms with Crippen molar-refractivity contribution in [3.05, 3.63) is 108 Å². The quantitative estimate of drug-likeness (QED) is 0.0911. The normalized spacial score (nSPS) is 11.6. The van der Waals surface area contributed by atoms with E-state index in [0.29, 0.717) is 58.5 Å². The largest absolute Gasteiger partial charge is 0.493 e. The van der Waals surface area contributed by atoms with E-state index in [2.05, 4.69) is 16.0 Å². The first-order chi connectivity index (χ1) is 23.3. The van der Waals surface area contributed by atoms with Gasteiger partial charge in [0.15, 0.2) is 11.5 Å². The maximum absolute atomic E-state index is 13.7. The summed E-state index contributed by atoms with van der Waals surface area (Å²) in [6.07, 6.45) is 2.09. The molecular weight excluding hydrogens is 630 g/mol. The molecule has 3 amide bonds. The minimum atomic E-state index is -0.563.